The molecule has 0 unspecified atom stereocenters. The highest BCUT2D eigenvalue weighted by atomic mass is 32.2. The number of sulfonamides is 1. The van der Waals surface area contributed by atoms with Crippen LogP contribution in [-0.4, -0.2) is 38.7 Å². The summed E-state index contributed by atoms with van der Waals surface area (Å²) in [7, 11) is -3.91. The van der Waals surface area contributed by atoms with Gasteiger partial charge in [0.1, 0.15) is 6.04 Å². The van der Waals surface area contributed by atoms with E-state index in [1.54, 1.807) is 36.4 Å². The first-order valence-electron chi connectivity index (χ1n) is 8.75. The van der Waals surface area contributed by atoms with Crippen LogP contribution >= 0.6 is 0 Å². The third-order valence-corrected chi connectivity index (χ3v) is 5.50. The van der Waals surface area contributed by atoms with Crippen LogP contribution in [0.3, 0.4) is 0 Å². The molecule has 0 fully saturated rings. The van der Waals surface area contributed by atoms with Gasteiger partial charge in [0.15, 0.2) is 12.4 Å². The van der Waals surface area contributed by atoms with Gasteiger partial charge < -0.3 is 10.1 Å². The van der Waals surface area contributed by atoms with Crippen LogP contribution in [-0.2, 0) is 24.3 Å². The van der Waals surface area contributed by atoms with E-state index in [2.05, 4.69) is 10.0 Å². The van der Waals surface area contributed by atoms with Crippen molar-refractivity contribution in [2.24, 2.45) is 0 Å². The smallest absolute Gasteiger partial charge is 0.324 e. The lowest BCUT2D eigenvalue weighted by Gasteiger charge is -2.14. The van der Waals surface area contributed by atoms with E-state index in [1.165, 1.54) is 26.0 Å². The second-order valence-electron chi connectivity index (χ2n) is 6.41. The number of benzene rings is 2. The van der Waals surface area contributed by atoms with E-state index >= 15 is 0 Å². The van der Waals surface area contributed by atoms with Gasteiger partial charge in [0, 0.05) is 5.56 Å². The Labute approximate surface area is 169 Å². The van der Waals surface area contributed by atoms with E-state index in [4.69, 9.17) is 4.74 Å². The minimum absolute atomic E-state index is 0.0151. The monoisotopic (exact) mass is 418 g/mol. The summed E-state index contributed by atoms with van der Waals surface area (Å²) >= 11 is 0. The minimum Gasteiger partial charge on any atom is -0.454 e. The van der Waals surface area contributed by atoms with Crippen molar-refractivity contribution in [3.63, 3.8) is 0 Å². The number of rotatable bonds is 8. The maximum atomic E-state index is 12.3. The number of aryl methyl sites for hydroxylation is 1. The molecule has 154 valence electrons. The summed E-state index contributed by atoms with van der Waals surface area (Å²) in [5, 5.41) is 2.49. The molecule has 1 amide bonds. The second-order valence-corrected chi connectivity index (χ2v) is 8.13. The standard InChI is InChI=1S/C20H22N2O6S/c1-13-8-10-16(11-9-13)29(26,27)22-14(2)20(25)28-12-19(24)21-18-7-5-4-6-17(18)15(3)23/h4-11,14,22H,12H2,1-3H3,(H,21,24)/t14-/m0/s1. The molecule has 0 saturated heterocycles. The van der Waals surface area contributed by atoms with Gasteiger partial charge in [-0.3, -0.25) is 14.4 Å². The van der Waals surface area contributed by atoms with Gasteiger partial charge in [-0.1, -0.05) is 29.8 Å². The lowest BCUT2D eigenvalue weighted by Crippen LogP contribution is -2.40. The van der Waals surface area contributed by atoms with Crippen molar-refractivity contribution in [2.45, 2.75) is 31.7 Å². The fourth-order valence-electron chi connectivity index (χ4n) is 2.41. The topological polar surface area (TPSA) is 119 Å². The second kappa shape index (κ2) is 9.44. The maximum Gasteiger partial charge on any atom is 0.324 e. The number of nitrogens with one attached hydrogen (secondary N) is 2. The Morgan fingerprint density at radius 1 is 1.03 bits per heavy atom. The van der Waals surface area contributed by atoms with Gasteiger partial charge in [0.25, 0.3) is 5.91 Å². The number of para-hydroxylation sites is 1. The zero-order valence-electron chi connectivity index (χ0n) is 16.3. The van der Waals surface area contributed by atoms with E-state index in [9.17, 15) is 22.8 Å². The zero-order valence-corrected chi connectivity index (χ0v) is 17.1. The van der Waals surface area contributed by atoms with Gasteiger partial charge in [-0.15, -0.1) is 0 Å². The van der Waals surface area contributed by atoms with Gasteiger partial charge >= 0.3 is 5.97 Å². The lowest BCUT2D eigenvalue weighted by atomic mass is 10.1. The number of hydrogen-bond donors (Lipinski definition) is 2. The Balaban J connectivity index is 1.92. The highest BCUT2D eigenvalue weighted by molar-refractivity contribution is 7.89. The molecule has 0 saturated carbocycles. The molecular formula is C20H22N2O6S. The molecule has 8 nitrogen and oxygen atoms in total. The van der Waals surface area contributed by atoms with Gasteiger partial charge in [0.2, 0.25) is 10.0 Å². The number of Topliss-reactive ketones (excluding diaryl/α,β-unsaturated/α-hetero) is 1. The molecule has 9 heteroatoms. The van der Waals surface area contributed by atoms with Gasteiger partial charge in [0.05, 0.1) is 10.6 Å². The molecule has 0 aliphatic rings. The normalized spacial score (nSPS) is 12.1. The number of carbonyl (C=O) groups is 3. The van der Waals surface area contributed by atoms with Crippen molar-refractivity contribution in [1.82, 2.24) is 4.72 Å². The van der Waals surface area contributed by atoms with E-state index in [0.717, 1.165) is 5.56 Å². The van der Waals surface area contributed by atoms with Crippen LogP contribution in [0, 0.1) is 6.92 Å². The van der Waals surface area contributed by atoms with Crippen molar-refractivity contribution in [3.8, 4) is 0 Å². The number of ketones is 1. The largest absolute Gasteiger partial charge is 0.454 e. The van der Waals surface area contributed by atoms with Crippen LogP contribution in [0.1, 0.15) is 29.8 Å². The highest BCUT2D eigenvalue weighted by Crippen LogP contribution is 2.15. The van der Waals surface area contributed by atoms with Crippen LogP contribution in [0.15, 0.2) is 53.4 Å². The van der Waals surface area contributed by atoms with Crippen molar-refractivity contribution >= 4 is 33.4 Å². The summed E-state index contributed by atoms with van der Waals surface area (Å²) in [6.07, 6.45) is 0. The number of amides is 1. The summed E-state index contributed by atoms with van der Waals surface area (Å²) in [5.74, 6) is -1.78. The molecule has 0 radical (unpaired) electrons. The fourth-order valence-corrected chi connectivity index (χ4v) is 3.61. The minimum atomic E-state index is -3.91. The van der Waals surface area contributed by atoms with Crippen LogP contribution in [0.4, 0.5) is 5.69 Å². The van der Waals surface area contributed by atoms with Gasteiger partial charge in [-0.05, 0) is 45.0 Å². The summed E-state index contributed by atoms with van der Waals surface area (Å²) in [4.78, 5) is 35.7. The van der Waals surface area contributed by atoms with Crippen LogP contribution < -0.4 is 10.0 Å². The molecular weight excluding hydrogens is 396 g/mol. The van der Waals surface area contributed by atoms with Crippen LogP contribution in [0.25, 0.3) is 0 Å². The summed E-state index contributed by atoms with van der Waals surface area (Å²) in [6, 6.07) is 11.4. The number of ether oxygens (including phenoxy) is 1. The molecule has 29 heavy (non-hydrogen) atoms. The maximum absolute atomic E-state index is 12.3. The molecule has 0 bridgehead atoms. The molecule has 0 heterocycles. The Kier molecular flexibility index (Phi) is 7.24. The highest BCUT2D eigenvalue weighted by Gasteiger charge is 2.23. The van der Waals surface area contributed by atoms with Crippen molar-refractivity contribution in [3.05, 3.63) is 59.7 Å². The third kappa shape index (κ3) is 6.23. The predicted molar refractivity (Wildman–Crippen MR) is 107 cm³/mol. The van der Waals surface area contributed by atoms with E-state index in [-0.39, 0.29) is 10.7 Å². The van der Waals surface area contributed by atoms with Gasteiger partial charge in [-0.2, -0.15) is 4.72 Å². The summed E-state index contributed by atoms with van der Waals surface area (Å²) < 4.78 is 31.7. The molecule has 0 spiro atoms. The van der Waals surface area contributed by atoms with E-state index in [0.29, 0.717) is 11.3 Å². The Morgan fingerprint density at radius 2 is 1.66 bits per heavy atom. The molecule has 1 atom stereocenters. The Bertz CT molecular complexity index is 1020. The first-order valence-corrected chi connectivity index (χ1v) is 10.2. The molecule has 2 rings (SSSR count). The Morgan fingerprint density at radius 3 is 2.28 bits per heavy atom. The Hall–Kier alpha value is -3.04. The number of esters is 1. The lowest BCUT2D eigenvalue weighted by molar-refractivity contribution is -0.148. The molecule has 2 N–H and O–H groups in total. The van der Waals surface area contributed by atoms with Crippen molar-refractivity contribution in [2.75, 3.05) is 11.9 Å². The summed E-state index contributed by atoms with van der Waals surface area (Å²) in [6.45, 7) is 3.88. The molecule has 0 aliphatic carbocycles. The van der Waals surface area contributed by atoms with E-state index < -0.39 is 34.5 Å². The van der Waals surface area contributed by atoms with Crippen LogP contribution in [0.5, 0.6) is 0 Å². The van der Waals surface area contributed by atoms with Crippen molar-refractivity contribution < 1.29 is 27.5 Å². The quantitative estimate of drug-likeness (QED) is 0.500. The SMILES string of the molecule is CC(=O)c1ccccc1NC(=O)COC(=O)[C@H](C)NS(=O)(=O)c1ccc(C)cc1. The zero-order chi connectivity index (χ0) is 21.6. The number of hydrogen-bond acceptors (Lipinski definition) is 6. The average Bonchev–Trinajstić information content (AvgIpc) is 2.66. The first kappa shape index (κ1) is 22.3. The third-order valence-electron chi connectivity index (χ3n) is 3.94. The van der Waals surface area contributed by atoms with Crippen LogP contribution in [0.2, 0.25) is 0 Å². The number of anilines is 1. The predicted octanol–water partition coefficient (Wildman–Crippen LogP) is 2.05. The number of carbonyl (C=O) groups excluding carboxylic acids is 3. The van der Waals surface area contributed by atoms with Crippen molar-refractivity contribution in [1.29, 1.82) is 0 Å². The van der Waals surface area contributed by atoms with Gasteiger partial charge in [-0.25, -0.2) is 8.42 Å². The molecule has 0 aromatic heterocycles. The molecule has 0 aliphatic heterocycles. The fraction of sp³-hybridized carbons (Fsp3) is 0.250. The molecule has 2 aromatic carbocycles. The summed E-state index contributed by atoms with van der Waals surface area (Å²) in [5.41, 5.74) is 1.52. The molecule has 2 aromatic rings. The average molecular weight is 418 g/mol. The first-order chi connectivity index (χ1) is 13.6. The van der Waals surface area contributed by atoms with E-state index in [1.807, 2.05) is 6.92 Å².